The molecule has 0 unspecified atom stereocenters. The highest BCUT2D eigenvalue weighted by atomic mass is 19.1. The highest BCUT2D eigenvalue weighted by Gasteiger charge is 2.12. The first-order valence-corrected chi connectivity index (χ1v) is 6.59. The third-order valence-corrected chi connectivity index (χ3v) is 2.99. The number of nitrogens with zero attached hydrogens (tertiary/aromatic N) is 1. The largest absolute Gasteiger partial charge is 0.508 e. The van der Waals surface area contributed by atoms with E-state index < -0.39 is 11.7 Å². The van der Waals surface area contributed by atoms with Crippen molar-refractivity contribution in [3.8, 4) is 17.6 Å². The number of anilines is 1. The molecule has 0 heterocycles. The Kier molecular flexibility index (Phi) is 4.95. The second kappa shape index (κ2) is 7.09. The van der Waals surface area contributed by atoms with E-state index in [0.717, 1.165) is 6.07 Å². The van der Waals surface area contributed by atoms with E-state index in [-0.39, 0.29) is 17.0 Å². The number of methoxy groups -OCH3 is 1. The van der Waals surface area contributed by atoms with Gasteiger partial charge in [0.25, 0.3) is 5.91 Å². The second-order valence-electron chi connectivity index (χ2n) is 4.56. The van der Waals surface area contributed by atoms with Gasteiger partial charge in [-0.25, -0.2) is 4.39 Å². The molecule has 0 saturated carbocycles. The summed E-state index contributed by atoms with van der Waals surface area (Å²) in [5, 5.41) is 20.5. The summed E-state index contributed by atoms with van der Waals surface area (Å²) < 4.78 is 18.6. The lowest BCUT2D eigenvalue weighted by atomic mass is 10.1. The number of phenolic OH excluding ortho intramolecular Hbond substituents is 1. The lowest BCUT2D eigenvalue weighted by molar-refractivity contribution is -0.112. The molecule has 0 bridgehead atoms. The fourth-order valence-corrected chi connectivity index (χ4v) is 1.81. The number of rotatable bonds is 4. The fraction of sp³-hybridized carbons (Fsp3) is 0.0588. The predicted molar refractivity (Wildman–Crippen MR) is 83.3 cm³/mol. The molecule has 0 aliphatic heterocycles. The van der Waals surface area contributed by atoms with Crippen LogP contribution >= 0.6 is 0 Å². The number of nitriles is 1. The summed E-state index contributed by atoms with van der Waals surface area (Å²) >= 11 is 0. The van der Waals surface area contributed by atoms with Crippen LogP contribution in [0.3, 0.4) is 0 Å². The number of aromatic hydroxyl groups is 1. The summed E-state index contributed by atoms with van der Waals surface area (Å²) in [5.74, 6) is -1.14. The molecule has 6 heteroatoms. The van der Waals surface area contributed by atoms with Crippen LogP contribution in [0.4, 0.5) is 10.1 Å². The van der Waals surface area contributed by atoms with Gasteiger partial charge in [-0.2, -0.15) is 5.26 Å². The van der Waals surface area contributed by atoms with Crippen molar-refractivity contribution >= 4 is 17.7 Å². The van der Waals surface area contributed by atoms with Gasteiger partial charge in [0.05, 0.1) is 12.8 Å². The molecule has 0 aromatic heterocycles. The van der Waals surface area contributed by atoms with Crippen molar-refractivity contribution < 1.29 is 19.0 Å². The molecule has 2 rings (SSSR count). The van der Waals surface area contributed by atoms with Crippen LogP contribution in [0.15, 0.2) is 48.0 Å². The maximum atomic E-state index is 13.6. The zero-order chi connectivity index (χ0) is 16.8. The Morgan fingerprint density at radius 2 is 2.00 bits per heavy atom. The smallest absolute Gasteiger partial charge is 0.266 e. The van der Waals surface area contributed by atoms with Gasteiger partial charge in [-0.05, 0) is 35.9 Å². The lowest BCUT2D eigenvalue weighted by Gasteiger charge is -2.06. The first-order chi connectivity index (χ1) is 11.0. The molecule has 2 N–H and O–H groups in total. The van der Waals surface area contributed by atoms with Gasteiger partial charge in [0.2, 0.25) is 0 Å². The van der Waals surface area contributed by atoms with E-state index in [2.05, 4.69) is 5.32 Å². The molecule has 23 heavy (non-hydrogen) atoms. The first kappa shape index (κ1) is 16.0. The summed E-state index contributed by atoms with van der Waals surface area (Å²) in [6.07, 6.45) is 1.38. The number of amides is 1. The molecule has 0 aliphatic rings. The first-order valence-electron chi connectivity index (χ1n) is 6.59. The number of phenols is 1. The average molecular weight is 312 g/mol. The number of ether oxygens (including phenoxy) is 1. The molecular formula is C17H13FN2O3. The van der Waals surface area contributed by atoms with E-state index >= 15 is 0 Å². The van der Waals surface area contributed by atoms with Crippen LogP contribution in [-0.4, -0.2) is 18.1 Å². The zero-order valence-corrected chi connectivity index (χ0v) is 12.2. The molecule has 116 valence electrons. The number of nitrogens with one attached hydrogen (secondary N) is 1. The fourth-order valence-electron chi connectivity index (χ4n) is 1.81. The van der Waals surface area contributed by atoms with E-state index in [1.165, 1.54) is 25.3 Å². The summed E-state index contributed by atoms with van der Waals surface area (Å²) in [7, 11) is 1.53. The molecule has 0 aliphatic carbocycles. The van der Waals surface area contributed by atoms with Gasteiger partial charge in [0.1, 0.15) is 29.0 Å². The minimum atomic E-state index is -0.792. The van der Waals surface area contributed by atoms with Crippen molar-refractivity contribution in [3.05, 3.63) is 59.4 Å². The molecule has 5 nitrogen and oxygen atoms in total. The second-order valence-corrected chi connectivity index (χ2v) is 4.56. The van der Waals surface area contributed by atoms with Gasteiger partial charge in [0, 0.05) is 6.07 Å². The van der Waals surface area contributed by atoms with Crippen LogP contribution < -0.4 is 10.1 Å². The SMILES string of the molecule is COc1ccc(C=C(C#N)C(=O)Nc2ccc(O)cc2F)cc1. The highest BCUT2D eigenvalue weighted by molar-refractivity contribution is 6.09. The third-order valence-electron chi connectivity index (χ3n) is 2.99. The van der Waals surface area contributed by atoms with Crippen molar-refractivity contribution in [2.75, 3.05) is 12.4 Å². The molecule has 0 radical (unpaired) electrons. The van der Waals surface area contributed by atoms with Crippen LogP contribution in [0.25, 0.3) is 6.08 Å². The van der Waals surface area contributed by atoms with E-state index in [1.807, 2.05) is 0 Å². The van der Waals surface area contributed by atoms with Crippen LogP contribution in [0.2, 0.25) is 0 Å². The molecule has 0 fully saturated rings. The van der Waals surface area contributed by atoms with Crippen LogP contribution in [0, 0.1) is 17.1 Å². The maximum Gasteiger partial charge on any atom is 0.266 e. The summed E-state index contributed by atoms with van der Waals surface area (Å²) in [4.78, 5) is 12.1. The third kappa shape index (κ3) is 4.08. The highest BCUT2D eigenvalue weighted by Crippen LogP contribution is 2.20. The van der Waals surface area contributed by atoms with Crippen molar-refractivity contribution in [2.45, 2.75) is 0 Å². The minimum Gasteiger partial charge on any atom is -0.508 e. The van der Waals surface area contributed by atoms with Crippen LogP contribution in [0.5, 0.6) is 11.5 Å². The molecule has 0 spiro atoms. The van der Waals surface area contributed by atoms with Gasteiger partial charge in [-0.15, -0.1) is 0 Å². The Hall–Kier alpha value is -3.33. The Balaban J connectivity index is 2.20. The Labute approximate surface area is 132 Å². The summed E-state index contributed by atoms with van der Waals surface area (Å²) in [6, 6.07) is 11.8. The number of hydrogen-bond donors (Lipinski definition) is 2. The normalized spacial score (nSPS) is 10.7. The monoisotopic (exact) mass is 312 g/mol. The minimum absolute atomic E-state index is 0.122. The van der Waals surface area contributed by atoms with Gasteiger partial charge in [-0.1, -0.05) is 12.1 Å². The van der Waals surface area contributed by atoms with E-state index in [0.29, 0.717) is 11.3 Å². The number of halogens is 1. The number of carbonyl (C=O) groups excluding carboxylic acids is 1. The Bertz CT molecular complexity index is 792. The van der Waals surface area contributed by atoms with E-state index in [1.54, 1.807) is 30.3 Å². The van der Waals surface area contributed by atoms with Crippen molar-refractivity contribution in [1.29, 1.82) is 5.26 Å². The van der Waals surface area contributed by atoms with Gasteiger partial charge >= 0.3 is 0 Å². The standard InChI is InChI=1S/C17H13FN2O3/c1-23-14-5-2-11(3-6-14)8-12(10-19)17(22)20-16-7-4-13(21)9-15(16)18/h2-9,21H,1H3,(H,20,22). The average Bonchev–Trinajstić information content (AvgIpc) is 2.55. The van der Waals surface area contributed by atoms with E-state index in [4.69, 9.17) is 15.1 Å². The molecule has 2 aromatic rings. The Morgan fingerprint density at radius 3 is 2.57 bits per heavy atom. The lowest BCUT2D eigenvalue weighted by Crippen LogP contribution is -2.14. The summed E-state index contributed by atoms with van der Waals surface area (Å²) in [5.41, 5.74) is 0.329. The van der Waals surface area contributed by atoms with Gasteiger partial charge in [-0.3, -0.25) is 4.79 Å². The molecule has 1 amide bonds. The van der Waals surface area contributed by atoms with Crippen molar-refractivity contribution in [3.63, 3.8) is 0 Å². The van der Waals surface area contributed by atoms with E-state index in [9.17, 15) is 9.18 Å². The summed E-state index contributed by atoms with van der Waals surface area (Å²) in [6.45, 7) is 0. The quantitative estimate of drug-likeness (QED) is 0.516. The van der Waals surface area contributed by atoms with Gasteiger partial charge in [0.15, 0.2) is 0 Å². The van der Waals surface area contributed by atoms with Gasteiger partial charge < -0.3 is 15.2 Å². The number of benzene rings is 2. The van der Waals surface area contributed by atoms with Crippen molar-refractivity contribution in [2.24, 2.45) is 0 Å². The van der Waals surface area contributed by atoms with Crippen molar-refractivity contribution in [1.82, 2.24) is 0 Å². The maximum absolute atomic E-state index is 13.6. The topological polar surface area (TPSA) is 82.3 Å². The van der Waals surface area contributed by atoms with Crippen LogP contribution in [-0.2, 0) is 4.79 Å². The predicted octanol–water partition coefficient (Wildman–Crippen LogP) is 3.09. The molecular weight excluding hydrogens is 299 g/mol. The Morgan fingerprint density at radius 1 is 1.30 bits per heavy atom. The molecule has 0 atom stereocenters. The van der Waals surface area contributed by atoms with Crippen LogP contribution in [0.1, 0.15) is 5.56 Å². The number of carbonyl (C=O) groups is 1. The number of hydrogen-bond acceptors (Lipinski definition) is 4. The zero-order valence-electron chi connectivity index (χ0n) is 12.2. The molecule has 0 saturated heterocycles. The molecule has 2 aromatic carbocycles.